The molecular weight excluding hydrogens is 280 g/mol. The zero-order valence-corrected chi connectivity index (χ0v) is 11.4. The molecule has 2 aromatic heterocycles. The van der Waals surface area contributed by atoms with Crippen LogP contribution in [0.1, 0.15) is 0 Å². The van der Waals surface area contributed by atoms with Crippen LogP contribution in [0.25, 0.3) is 33.1 Å². The van der Waals surface area contributed by atoms with Crippen LogP contribution in [0, 0.1) is 0 Å². The van der Waals surface area contributed by atoms with E-state index in [9.17, 15) is 9.59 Å². The Hall–Kier alpha value is -3.14. The van der Waals surface area contributed by atoms with Crippen molar-refractivity contribution in [1.29, 1.82) is 0 Å². The van der Waals surface area contributed by atoms with Gasteiger partial charge in [-0.05, 0) is 12.1 Å². The smallest absolute Gasteiger partial charge is 0.336 e. The third-order valence-corrected chi connectivity index (χ3v) is 3.59. The predicted molar refractivity (Wildman–Crippen MR) is 84.0 cm³/mol. The second kappa shape index (κ2) is 4.70. The van der Waals surface area contributed by atoms with E-state index < -0.39 is 11.3 Å². The number of fused-ring (bicyclic) bond motifs is 2. The zero-order chi connectivity index (χ0) is 15.1. The summed E-state index contributed by atoms with van der Waals surface area (Å²) in [6, 6.07) is 17.3. The van der Waals surface area contributed by atoms with E-state index >= 15 is 0 Å². The first-order valence-corrected chi connectivity index (χ1v) is 6.78. The van der Waals surface area contributed by atoms with E-state index in [4.69, 9.17) is 8.83 Å². The summed E-state index contributed by atoms with van der Waals surface area (Å²) in [6.07, 6.45) is 0. The highest BCUT2D eigenvalue weighted by molar-refractivity contribution is 6.02. The average molecular weight is 290 g/mol. The van der Waals surface area contributed by atoms with Crippen LogP contribution in [-0.4, -0.2) is 0 Å². The van der Waals surface area contributed by atoms with E-state index in [1.807, 2.05) is 24.3 Å². The molecule has 2 aromatic carbocycles. The van der Waals surface area contributed by atoms with Crippen LogP contribution >= 0.6 is 0 Å². The Balaban J connectivity index is 2.21. The molecule has 0 unspecified atom stereocenters. The molecule has 4 nitrogen and oxygen atoms in total. The summed E-state index contributed by atoms with van der Waals surface area (Å²) in [6.45, 7) is 0. The molecule has 22 heavy (non-hydrogen) atoms. The molecule has 0 aliphatic heterocycles. The lowest BCUT2D eigenvalue weighted by Gasteiger charge is -2.07. The van der Waals surface area contributed by atoms with Crippen LogP contribution in [-0.2, 0) is 0 Å². The topological polar surface area (TPSA) is 60.4 Å². The molecule has 4 heteroatoms. The van der Waals surface area contributed by atoms with E-state index in [1.165, 1.54) is 12.1 Å². The van der Waals surface area contributed by atoms with Crippen LogP contribution in [0.4, 0.5) is 0 Å². The Bertz CT molecular complexity index is 1030. The van der Waals surface area contributed by atoms with E-state index in [1.54, 1.807) is 24.3 Å². The van der Waals surface area contributed by atoms with Crippen LogP contribution in [0.2, 0.25) is 0 Å². The van der Waals surface area contributed by atoms with Crippen molar-refractivity contribution < 1.29 is 8.83 Å². The Labute approximate surface area is 124 Å². The number of hydrogen-bond donors (Lipinski definition) is 0. The van der Waals surface area contributed by atoms with Gasteiger partial charge in [0.15, 0.2) is 0 Å². The molecule has 0 aliphatic rings. The van der Waals surface area contributed by atoms with Crippen molar-refractivity contribution in [1.82, 2.24) is 0 Å². The molecule has 106 valence electrons. The third-order valence-electron chi connectivity index (χ3n) is 3.59. The maximum absolute atomic E-state index is 11.8. The average Bonchev–Trinajstić information content (AvgIpc) is 2.53. The zero-order valence-electron chi connectivity index (χ0n) is 11.4. The van der Waals surface area contributed by atoms with Crippen LogP contribution in [0.15, 0.2) is 79.1 Å². The van der Waals surface area contributed by atoms with Gasteiger partial charge < -0.3 is 8.83 Å². The number of benzene rings is 2. The molecular formula is C18H10O4. The molecule has 0 atom stereocenters. The molecule has 0 saturated carbocycles. The molecule has 4 aromatic rings. The maximum atomic E-state index is 11.8. The van der Waals surface area contributed by atoms with Gasteiger partial charge in [-0.15, -0.1) is 0 Å². The lowest BCUT2D eigenvalue weighted by molar-refractivity contribution is 0.559. The lowest BCUT2D eigenvalue weighted by Crippen LogP contribution is -2.02. The van der Waals surface area contributed by atoms with Crippen molar-refractivity contribution in [2.75, 3.05) is 0 Å². The van der Waals surface area contributed by atoms with Gasteiger partial charge in [0.25, 0.3) is 0 Å². The van der Waals surface area contributed by atoms with Gasteiger partial charge in [-0.3, -0.25) is 0 Å². The molecule has 0 N–H and O–H groups in total. The van der Waals surface area contributed by atoms with Crippen molar-refractivity contribution in [2.24, 2.45) is 0 Å². The molecule has 0 fully saturated rings. The fourth-order valence-corrected chi connectivity index (χ4v) is 2.67. The summed E-state index contributed by atoms with van der Waals surface area (Å²) in [4.78, 5) is 23.7. The van der Waals surface area contributed by atoms with Gasteiger partial charge in [0.05, 0.1) is 0 Å². The molecule has 0 radical (unpaired) electrons. The quantitative estimate of drug-likeness (QED) is 0.503. The molecule has 0 aliphatic carbocycles. The van der Waals surface area contributed by atoms with Gasteiger partial charge in [-0.1, -0.05) is 36.4 Å². The molecule has 4 rings (SSSR count). The minimum absolute atomic E-state index is 0.453. The summed E-state index contributed by atoms with van der Waals surface area (Å²) in [7, 11) is 0. The highest BCUT2D eigenvalue weighted by atomic mass is 16.4. The number of rotatable bonds is 1. The standard InChI is InChI=1S/C18H10O4/c19-17-9-13(11-5-1-3-7-15(11)21-17)14-10-18(20)22-16-8-4-2-6-12(14)16/h1-10H. The fourth-order valence-electron chi connectivity index (χ4n) is 2.67. The van der Waals surface area contributed by atoms with E-state index in [0.717, 1.165) is 10.8 Å². The highest BCUT2D eigenvalue weighted by Gasteiger charge is 2.12. The Morgan fingerprint density at radius 1 is 0.591 bits per heavy atom. The molecule has 2 heterocycles. The fraction of sp³-hybridized carbons (Fsp3) is 0. The van der Waals surface area contributed by atoms with Crippen molar-refractivity contribution in [2.45, 2.75) is 0 Å². The van der Waals surface area contributed by atoms with E-state index in [2.05, 4.69) is 0 Å². The van der Waals surface area contributed by atoms with Gasteiger partial charge in [-0.2, -0.15) is 0 Å². The summed E-state index contributed by atoms with van der Waals surface area (Å²) >= 11 is 0. The van der Waals surface area contributed by atoms with Crippen molar-refractivity contribution >= 4 is 21.9 Å². The maximum Gasteiger partial charge on any atom is 0.336 e. The summed E-state index contributed by atoms with van der Waals surface area (Å²) < 4.78 is 10.4. The van der Waals surface area contributed by atoms with Crippen molar-refractivity contribution in [3.05, 3.63) is 81.5 Å². The predicted octanol–water partition coefficient (Wildman–Crippen LogP) is 3.57. The van der Waals surface area contributed by atoms with Gasteiger partial charge >= 0.3 is 11.3 Å². The first-order valence-electron chi connectivity index (χ1n) is 6.78. The van der Waals surface area contributed by atoms with Crippen LogP contribution in [0.5, 0.6) is 0 Å². The second-order valence-electron chi connectivity index (χ2n) is 4.95. The highest BCUT2D eigenvalue weighted by Crippen LogP contribution is 2.31. The van der Waals surface area contributed by atoms with Gasteiger partial charge in [0.2, 0.25) is 0 Å². The Morgan fingerprint density at radius 2 is 1.00 bits per heavy atom. The Kier molecular flexibility index (Phi) is 2.69. The lowest BCUT2D eigenvalue weighted by atomic mass is 9.99. The SMILES string of the molecule is O=c1cc(-c2cc(=O)oc3ccccc23)c2ccccc2o1. The largest absolute Gasteiger partial charge is 0.423 e. The molecule has 0 spiro atoms. The summed E-state index contributed by atoms with van der Waals surface area (Å²) in [5.41, 5.74) is 1.40. The first-order chi connectivity index (χ1) is 10.7. The summed E-state index contributed by atoms with van der Waals surface area (Å²) in [5.74, 6) is 0. The minimum atomic E-state index is -0.453. The van der Waals surface area contributed by atoms with Crippen molar-refractivity contribution in [3.8, 4) is 11.1 Å². The van der Waals surface area contributed by atoms with Crippen LogP contribution in [0.3, 0.4) is 0 Å². The number of hydrogen-bond acceptors (Lipinski definition) is 4. The van der Waals surface area contributed by atoms with E-state index in [-0.39, 0.29) is 0 Å². The molecule has 0 saturated heterocycles. The number of para-hydroxylation sites is 2. The van der Waals surface area contributed by atoms with Gasteiger partial charge in [-0.25, -0.2) is 9.59 Å². The van der Waals surface area contributed by atoms with Gasteiger partial charge in [0.1, 0.15) is 11.2 Å². The monoisotopic (exact) mass is 290 g/mol. The third kappa shape index (κ3) is 1.93. The Morgan fingerprint density at radius 3 is 1.45 bits per heavy atom. The van der Waals surface area contributed by atoms with Crippen molar-refractivity contribution in [3.63, 3.8) is 0 Å². The van der Waals surface area contributed by atoms with Gasteiger partial charge in [0, 0.05) is 34.0 Å². The van der Waals surface area contributed by atoms with E-state index in [0.29, 0.717) is 22.3 Å². The normalized spacial score (nSPS) is 11.1. The first kappa shape index (κ1) is 12.6. The molecule has 0 amide bonds. The van der Waals surface area contributed by atoms with Crippen LogP contribution < -0.4 is 11.3 Å². The summed E-state index contributed by atoms with van der Waals surface area (Å²) in [5, 5.41) is 1.55. The second-order valence-corrected chi connectivity index (χ2v) is 4.95. The minimum Gasteiger partial charge on any atom is -0.423 e. The molecule has 0 bridgehead atoms.